The van der Waals surface area contributed by atoms with Gasteiger partial charge < -0.3 is 14.6 Å². The summed E-state index contributed by atoms with van der Waals surface area (Å²) in [5.74, 6) is 5.67. The Morgan fingerprint density at radius 2 is 2.15 bits per heavy atom. The predicted molar refractivity (Wildman–Crippen MR) is 98.4 cm³/mol. The van der Waals surface area contributed by atoms with Crippen molar-refractivity contribution in [1.82, 2.24) is 16.3 Å². The van der Waals surface area contributed by atoms with Gasteiger partial charge in [0, 0.05) is 18.2 Å². The summed E-state index contributed by atoms with van der Waals surface area (Å²) in [4.78, 5) is 11.1. The van der Waals surface area contributed by atoms with E-state index < -0.39 is 5.91 Å². The fraction of sp³-hybridized carbons (Fsp3) is 0.235. The highest BCUT2D eigenvalue weighted by atomic mass is 79.9. The molecule has 1 saturated heterocycles. The second kappa shape index (κ2) is 8.37. The highest BCUT2D eigenvalue weighted by molar-refractivity contribution is 9.10. The molecule has 2 unspecified atom stereocenters. The summed E-state index contributed by atoms with van der Waals surface area (Å²) in [5, 5.41) is 10.4. The van der Waals surface area contributed by atoms with Gasteiger partial charge in [0.05, 0.1) is 10.5 Å². The number of carbonyl (C=O) groups is 1. The number of phenolic OH excluding ortho intramolecular Hbond substituents is 1. The molecule has 1 fully saturated rings. The van der Waals surface area contributed by atoms with Gasteiger partial charge in [0.25, 0.3) is 5.91 Å². The lowest BCUT2D eigenvalue weighted by molar-refractivity contribution is -0.123. The molecule has 8 nitrogen and oxygen atoms in total. The molecular formula is C17H19BrN4O4. The van der Waals surface area contributed by atoms with E-state index in [4.69, 9.17) is 15.3 Å². The van der Waals surface area contributed by atoms with Gasteiger partial charge in [0.2, 0.25) is 0 Å². The number of rotatable bonds is 6. The molecular weight excluding hydrogens is 404 g/mol. The first-order valence-electron chi connectivity index (χ1n) is 7.93. The molecule has 1 amide bonds. The number of carbonyl (C=O) groups excluding carboxylic acids is 1. The number of para-hydroxylation sites is 1. The first kappa shape index (κ1) is 18.5. The third-order valence-electron chi connectivity index (χ3n) is 3.92. The van der Waals surface area contributed by atoms with Gasteiger partial charge in [0.15, 0.2) is 6.61 Å². The number of nitrogens with two attached hydrogens (primary N) is 1. The van der Waals surface area contributed by atoms with E-state index in [0.717, 1.165) is 10.2 Å². The van der Waals surface area contributed by atoms with Crippen molar-refractivity contribution in [3.8, 4) is 17.2 Å². The number of halogens is 1. The summed E-state index contributed by atoms with van der Waals surface area (Å²) < 4.78 is 12.2. The Morgan fingerprint density at radius 1 is 1.35 bits per heavy atom. The summed E-state index contributed by atoms with van der Waals surface area (Å²) in [5.41, 5.74) is 8.79. The van der Waals surface area contributed by atoms with Crippen molar-refractivity contribution in [1.29, 1.82) is 0 Å². The maximum Gasteiger partial charge on any atom is 0.271 e. The molecule has 3 rings (SSSR count). The molecule has 0 bridgehead atoms. The number of phenols is 1. The SMILES string of the molecule is NNC(=O)COc1ccc(C2NNCC2Oc2ccccc2Br)c(O)c1. The molecule has 1 aliphatic heterocycles. The second-order valence-corrected chi connectivity index (χ2v) is 6.52. The molecule has 0 aliphatic carbocycles. The number of ether oxygens (including phenoxy) is 2. The summed E-state index contributed by atoms with van der Waals surface area (Å²) in [7, 11) is 0. The maximum absolute atomic E-state index is 11.1. The zero-order chi connectivity index (χ0) is 18.5. The van der Waals surface area contributed by atoms with E-state index in [2.05, 4.69) is 26.8 Å². The Kier molecular flexibility index (Phi) is 5.94. The largest absolute Gasteiger partial charge is 0.507 e. The minimum atomic E-state index is -0.461. The fourth-order valence-electron chi connectivity index (χ4n) is 2.64. The number of nitrogens with one attached hydrogen (secondary N) is 3. The van der Waals surface area contributed by atoms with Crippen LogP contribution < -0.4 is 31.6 Å². The number of amides is 1. The molecule has 1 aliphatic rings. The molecule has 2 aromatic carbocycles. The molecule has 0 radical (unpaired) electrons. The van der Waals surface area contributed by atoms with E-state index in [0.29, 0.717) is 17.9 Å². The molecule has 2 atom stereocenters. The highest BCUT2D eigenvalue weighted by Crippen LogP contribution is 2.34. The quantitative estimate of drug-likeness (QED) is 0.269. The van der Waals surface area contributed by atoms with Crippen molar-refractivity contribution in [2.24, 2.45) is 5.84 Å². The van der Waals surface area contributed by atoms with E-state index in [9.17, 15) is 9.90 Å². The molecule has 0 spiro atoms. The number of hydrogen-bond donors (Lipinski definition) is 5. The van der Waals surface area contributed by atoms with Crippen molar-refractivity contribution in [2.45, 2.75) is 12.1 Å². The van der Waals surface area contributed by atoms with Gasteiger partial charge >= 0.3 is 0 Å². The lowest BCUT2D eigenvalue weighted by atomic mass is 10.0. The van der Waals surface area contributed by atoms with Crippen LogP contribution in [0.1, 0.15) is 11.6 Å². The van der Waals surface area contributed by atoms with Gasteiger partial charge in [-0.3, -0.25) is 15.6 Å². The smallest absolute Gasteiger partial charge is 0.271 e. The molecule has 0 aromatic heterocycles. The van der Waals surface area contributed by atoms with Crippen molar-refractivity contribution in [3.05, 3.63) is 52.5 Å². The maximum atomic E-state index is 11.1. The standard InChI is InChI=1S/C17H19BrN4O4/c18-12-3-1-2-4-14(12)26-15-8-20-22-17(15)11-6-5-10(7-13(11)23)25-9-16(24)21-19/h1-7,15,17,20,22-23H,8-9,19H2,(H,21,24). The Hall–Kier alpha value is -2.33. The van der Waals surface area contributed by atoms with Crippen LogP contribution in [0.3, 0.4) is 0 Å². The fourth-order valence-corrected chi connectivity index (χ4v) is 3.02. The van der Waals surface area contributed by atoms with Gasteiger partial charge in [-0.05, 0) is 40.2 Å². The number of hydrazine groups is 2. The number of aromatic hydroxyl groups is 1. The molecule has 6 N–H and O–H groups in total. The first-order valence-corrected chi connectivity index (χ1v) is 8.72. The summed E-state index contributed by atoms with van der Waals surface area (Å²) in [6.45, 7) is 0.340. The summed E-state index contributed by atoms with van der Waals surface area (Å²) >= 11 is 3.47. The number of hydrogen-bond acceptors (Lipinski definition) is 7. The second-order valence-electron chi connectivity index (χ2n) is 5.67. The van der Waals surface area contributed by atoms with Crippen LogP contribution in [0.5, 0.6) is 17.2 Å². The molecule has 26 heavy (non-hydrogen) atoms. The van der Waals surface area contributed by atoms with Crippen LogP contribution in [0.2, 0.25) is 0 Å². The van der Waals surface area contributed by atoms with E-state index >= 15 is 0 Å². The van der Waals surface area contributed by atoms with E-state index in [1.54, 1.807) is 12.1 Å². The Labute approximate surface area is 158 Å². The zero-order valence-electron chi connectivity index (χ0n) is 13.7. The molecule has 0 saturated carbocycles. The molecule has 9 heteroatoms. The van der Waals surface area contributed by atoms with Crippen LogP contribution >= 0.6 is 15.9 Å². The Balaban J connectivity index is 1.73. The van der Waals surface area contributed by atoms with Crippen molar-refractivity contribution in [2.75, 3.05) is 13.2 Å². The van der Waals surface area contributed by atoms with Crippen LogP contribution in [-0.2, 0) is 4.79 Å². The minimum absolute atomic E-state index is 0.0394. The Bertz CT molecular complexity index is 789. The minimum Gasteiger partial charge on any atom is -0.507 e. The van der Waals surface area contributed by atoms with E-state index in [1.807, 2.05) is 29.7 Å². The monoisotopic (exact) mass is 422 g/mol. The van der Waals surface area contributed by atoms with Crippen LogP contribution in [0, 0.1) is 0 Å². The van der Waals surface area contributed by atoms with Gasteiger partial charge in [0.1, 0.15) is 23.4 Å². The highest BCUT2D eigenvalue weighted by Gasteiger charge is 2.32. The van der Waals surface area contributed by atoms with Crippen LogP contribution in [-0.4, -0.2) is 30.3 Å². The zero-order valence-corrected chi connectivity index (χ0v) is 15.3. The van der Waals surface area contributed by atoms with Crippen molar-refractivity contribution < 1.29 is 19.4 Å². The predicted octanol–water partition coefficient (Wildman–Crippen LogP) is 1.12. The van der Waals surface area contributed by atoms with Crippen LogP contribution in [0.15, 0.2) is 46.9 Å². The molecule has 2 aromatic rings. The first-order chi connectivity index (χ1) is 12.6. The van der Waals surface area contributed by atoms with E-state index in [-0.39, 0.29) is 24.5 Å². The Morgan fingerprint density at radius 3 is 2.88 bits per heavy atom. The van der Waals surface area contributed by atoms with E-state index in [1.165, 1.54) is 6.07 Å². The summed E-state index contributed by atoms with van der Waals surface area (Å²) in [6.07, 6.45) is -0.227. The third-order valence-corrected chi connectivity index (χ3v) is 4.57. The van der Waals surface area contributed by atoms with Crippen molar-refractivity contribution in [3.63, 3.8) is 0 Å². The normalized spacial score (nSPS) is 19.2. The van der Waals surface area contributed by atoms with Gasteiger partial charge in [-0.15, -0.1) is 0 Å². The average Bonchev–Trinajstić information content (AvgIpc) is 3.09. The van der Waals surface area contributed by atoms with Gasteiger partial charge in [-0.25, -0.2) is 11.3 Å². The van der Waals surface area contributed by atoms with Crippen LogP contribution in [0.4, 0.5) is 0 Å². The average molecular weight is 423 g/mol. The molecule has 138 valence electrons. The van der Waals surface area contributed by atoms with Crippen molar-refractivity contribution >= 4 is 21.8 Å². The van der Waals surface area contributed by atoms with Gasteiger partial charge in [-0.1, -0.05) is 12.1 Å². The third kappa shape index (κ3) is 4.25. The number of benzene rings is 2. The molecule has 1 heterocycles. The topological polar surface area (TPSA) is 118 Å². The lowest BCUT2D eigenvalue weighted by Crippen LogP contribution is -2.34. The summed E-state index contributed by atoms with van der Waals surface area (Å²) in [6, 6.07) is 12.2. The van der Waals surface area contributed by atoms with Crippen LogP contribution in [0.25, 0.3) is 0 Å². The van der Waals surface area contributed by atoms with Gasteiger partial charge in [-0.2, -0.15) is 0 Å². The lowest BCUT2D eigenvalue weighted by Gasteiger charge is -2.22.